The van der Waals surface area contributed by atoms with Gasteiger partial charge in [-0.25, -0.2) is 0 Å². The first-order chi connectivity index (χ1) is 16.9. The van der Waals surface area contributed by atoms with E-state index in [1.807, 2.05) is 24.3 Å². The van der Waals surface area contributed by atoms with Gasteiger partial charge in [-0.3, -0.25) is 14.9 Å². The van der Waals surface area contributed by atoms with Crippen molar-refractivity contribution in [3.63, 3.8) is 0 Å². The third-order valence-electron chi connectivity index (χ3n) is 4.85. The molecule has 0 saturated heterocycles. The highest BCUT2D eigenvalue weighted by Gasteiger charge is 2.19. The summed E-state index contributed by atoms with van der Waals surface area (Å²) < 4.78 is 16.2. The molecule has 3 aromatic rings. The Morgan fingerprint density at radius 3 is 2.54 bits per heavy atom. The van der Waals surface area contributed by atoms with E-state index in [1.54, 1.807) is 24.3 Å². The molecule has 0 aliphatic carbocycles. The van der Waals surface area contributed by atoms with Crippen LogP contribution in [-0.4, -0.2) is 25.1 Å². The van der Waals surface area contributed by atoms with Gasteiger partial charge in [0.05, 0.1) is 25.2 Å². The summed E-state index contributed by atoms with van der Waals surface area (Å²) in [5, 5.41) is 23.9. The zero-order valence-electron chi connectivity index (χ0n) is 18.8. The number of nitrogens with zero attached hydrogens (tertiary/aromatic N) is 2. The summed E-state index contributed by atoms with van der Waals surface area (Å²) in [6, 6.07) is 17.9. The lowest BCUT2D eigenvalue weighted by atomic mass is 10.1. The minimum atomic E-state index is -0.810. The van der Waals surface area contributed by atoms with E-state index in [9.17, 15) is 20.2 Å². The van der Waals surface area contributed by atoms with Crippen molar-refractivity contribution < 1.29 is 23.9 Å². The maximum absolute atomic E-state index is 12.7. The Balaban J connectivity index is 1.85. The Labute approximate surface area is 206 Å². The second kappa shape index (κ2) is 11.5. The molecule has 0 bridgehead atoms. The standard InChI is InChI=1S/C25H20ClN3O6/c1-33-19-8-9-21(22(13-19)29(31)32)28-25(30)18(14-27)11-16-7-10-23(34-2)24(12-16)35-15-17-5-3-4-6-20(17)26/h3-13H,15H2,1-2H3,(H,28,30)/b18-11+. The van der Waals surface area contributed by atoms with Gasteiger partial charge in [-0.1, -0.05) is 35.9 Å². The van der Waals surface area contributed by atoms with Gasteiger partial charge in [-0.05, 0) is 42.0 Å². The number of nitrogens with one attached hydrogen (secondary N) is 1. The quantitative estimate of drug-likeness (QED) is 0.183. The summed E-state index contributed by atoms with van der Waals surface area (Å²) in [6.45, 7) is 0.177. The molecule has 1 amide bonds. The molecule has 0 atom stereocenters. The van der Waals surface area contributed by atoms with Gasteiger partial charge in [-0.2, -0.15) is 5.26 Å². The van der Waals surface area contributed by atoms with Gasteiger partial charge in [0, 0.05) is 10.6 Å². The number of hydrogen-bond acceptors (Lipinski definition) is 7. The maximum Gasteiger partial charge on any atom is 0.296 e. The summed E-state index contributed by atoms with van der Waals surface area (Å²) in [5.41, 5.74) is 0.554. The molecule has 0 radical (unpaired) electrons. The van der Waals surface area contributed by atoms with E-state index < -0.39 is 10.8 Å². The molecule has 0 saturated carbocycles. The Hall–Kier alpha value is -4.55. The van der Waals surface area contributed by atoms with E-state index in [0.717, 1.165) is 5.56 Å². The van der Waals surface area contributed by atoms with Crippen molar-refractivity contribution in [1.29, 1.82) is 5.26 Å². The first-order valence-electron chi connectivity index (χ1n) is 10.2. The fourth-order valence-electron chi connectivity index (χ4n) is 3.07. The van der Waals surface area contributed by atoms with Crippen LogP contribution in [0.3, 0.4) is 0 Å². The first kappa shape index (κ1) is 25.1. The lowest BCUT2D eigenvalue weighted by Gasteiger charge is -2.12. The van der Waals surface area contributed by atoms with Crippen molar-refractivity contribution >= 4 is 35.0 Å². The number of amides is 1. The van der Waals surface area contributed by atoms with E-state index in [0.29, 0.717) is 22.1 Å². The molecule has 0 aromatic heterocycles. The fraction of sp³-hybridized carbons (Fsp3) is 0.120. The van der Waals surface area contributed by atoms with Gasteiger partial charge in [0.2, 0.25) is 0 Å². The van der Waals surface area contributed by atoms with E-state index >= 15 is 0 Å². The van der Waals surface area contributed by atoms with E-state index in [2.05, 4.69) is 5.32 Å². The van der Waals surface area contributed by atoms with Gasteiger partial charge in [0.15, 0.2) is 11.5 Å². The van der Waals surface area contributed by atoms with Crippen molar-refractivity contribution in [2.75, 3.05) is 19.5 Å². The average Bonchev–Trinajstić information content (AvgIpc) is 2.86. The van der Waals surface area contributed by atoms with Gasteiger partial charge in [0.1, 0.15) is 29.7 Å². The number of hydrogen-bond donors (Lipinski definition) is 1. The number of nitro groups is 1. The van der Waals surface area contributed by atoms with Crippen molar-refractivity contribution in [2.45, 2.75) is 6.61 Å². The number of anilines is 1. The SMILES string of the molecule is COc1ccc(NC(=O)/C(C#N)=C/c2ccc(OC)c(OCc3ccccc3Cl)c2)c([N+](=O)[O-])c1. The number of nitro benzene ring substituents is 1. The van der Waals surface area contributed by atoms with Crippen molar-refractivity contribution in [2.24, 2.45) is 0 Å². The summed E-state index contributed by atoms with van der Waals surface area (Å²) in [6.07, 6.45) is 1.34. The zero-order chi connectivity index (χ0) is 25.4. The highest BCUT2D eigenvalue weighted by atomic mass is 35.5. The monoisotopic (exact) mass is 493 g/mol. The van der Waals surface area contributed by atoms with Gasteiger partial charge in [-0.15, -0.1) is 0 Å². The number of carbonyl (C=O) groups is 1. The molecule has 1 N–H and O–H groups in total. The van der Waals surface area contributed by atoms with Crippen LogP contribution < -0.4 is 19.5 Å². The molecule has 178 valence electrons. The Kier molecular flexibility index (Phi) is 8.27. The van der Waals surface area contributed by atoms with Crippen LogP contribution in [0.1, 0.15) is 11.1 Å². The molecule has 0 aliphatic rings. The van der Waals surface area contributed by atoms with Crippen LogP contribution in [0.15, 0.2) is 66.2 Å². The normalized spacial score (nSPS) is 10.7. The summed E-state index contributed by atoms with van der Waals surface area (Å²) in [5.74, 6) is 0.277. The molecule has 0 aliphatic heterocycles. The fourth-order valence-corrected chi connectivity index (χ4v) is 3.26. The molecule has 0 fully saturated rings. The molecule has 0 unspecified atom stereocenters. The average molecular weight is 494 g/mol. The predicted octanol–water partition coefficient (Wildman–Crippen LogP) is 5.39. The topological polar surface area (TPSA) is 124 Å². The molecule has 0 heterocycles. The van der Waals surface area contributed by atoms with Crippen LogP contribution in [-0.2, 0) is 11.4 Å². The van der Waals surface area contributed by atoms with Crippen molar-refractivity contribution in [3.05, 3.63) is 92.5 Å². The van der Waals surface area contributed by atoms with Crippen LogP contribution in [0.2, 0.25) is 5.02 Å². The van der Waals surface area contributed by atoms with Crippen LogP contribution in [0, 0.1) is 21.4 Å². The Bertz CT molecular complexity index is 1330. The number of methoxy groups -OCH3 is 2. The van der Waals surface area contributed by atoms with Crippen LogP contribution in [0.25, 0.3) is 6.08 Å². The highest BCUT2D eigenvalue weighted by molar-refractivity contribution is 6.31. The van der Waals surface area contributed by atoms with Crippen molar-refractivity contribution in [3.8, 4) is 23.3 Å². The Morgan fingerprint density at radius 1 is 1.11 bits per heavy atom. The summed E-state index contributed by atoms with van der Waals surface area (Å²) in [7, 11) is 2.86. The van der Waals surface area contributed by atoms with Crippen LogP contribution in [0.4, 0.5) is 11.4 Å². The number of benzene rings is 3. The number of ether oxygens (including phenoxy) is 3. The van der Waals surface area contributed by atoms with E-state index in [4.69, 9.17) is 25.8 Å². The van der Waals surface area contributed by atoms with Gasteiger partial charge >= 0.3 is 0 Å². The third-order valence-corrected chi connectivity index (χ3v) is 5.22. The largest absolute Gasteiger partial charge is 0.496 e. The molecular formula is C25H20ClN3O6. The molecule has 9 nitrogen and oxygen atoms in total. The van der Waals surface area contributed by atoms with Crippen molar-refractivity contribution in [1.82, 2.24) is 0 Å². The van der Waals surface area contributed by atoms with E-state index in [-0.39, 0.29) is 29.3 Å². The minimum absolute atomic E-state index is 0.0690. The number of halogens is 1. The first-order valence-corrected chi connectivity index (χ1v) is 10.5. The molecule has 3 aromatic carbocycles. The van der Waals surface area contributed by atoms with Crippen LogP contribution >= 0.6 is 11.6 Å². The molecule has 3 rings (SSSR count). The second-order valence-electron chi connectivity index (χ2n) is 7.05. The zero-order valence-corrected chi connectivity index (χ0v) is 19.5. The maximum atomic E-state index is 12.7. The number of carbonyl (C=O) groups excluding carboxylic acids is 1. The third kappa shape index (κ3) is 6.28. The highest BCUT2D eigenvalue weighted by Crippen LogP contribution is 2.31. The molecule has 10 heteroatoms. The summed E-state index contributed by atoms with van der Waals surface area (Å²) >= 11 is 6.18. The lowest BCUT2D eigenvalue weighted by molar-refractivity contribution is -0.384. The smallest absolute Gasteiger partial charge is 0.296 e. The van der Waals surface area contributed by atoms with E-state index in [1.165, 1.54) is 38.5 Å². The Morgan fingerprint density at radius 2 is 1.89 bits per heavy atom. The van der Waals surface area contributed by atoms with Crippen LogP contribution in [0.5, 0.6) is 17.2 Å². The second-order valence-corrected chi connectivity index (χ2v) is 7.46. The minimum Gasteiger partial charge on any atom is -0.496 e. The molecule has 0 spiro atoms. The summed E-state index contributed by atoms with van der Waals surface area (Å²) in [4.78, 5) is 23.4. The number of rotatable bonds is 9. The molecular weight excluding hydrogens is 474 g/mol. The predicted molar refractivity (Wildman–Crippen MR) is 131 cm³/mol. The van der Waals surface area contributed by atoms with Gasteiger partial charge in [0.25, 0.3) is 11.6 Å². The lowest BCUT2D eigenvalue weighted by Crippen LogP contribution is -2.14. The van der Waals surface area contributed by atoms with Gasteiger partial charge < -0.3 is 19.5 Å². The number of nitriles is 1. The molecule has 35 heavy (non-hydrogen) atoms.